The molecule has 10 nitrogen and oxygen atoms in total. The van der Waals surface area contributed by atoms with E-state index in [0.717, 1.165) is 11.3 Å². The molecular formula is C31H50N2O8Si2. The molecule has 2 fully saturated rings. The Balaban J connectivity index is 1.80. The fourth-order valence-corrected chi connectivity index (χ4v) is 17.5. The highest BCUT2D eigenvalue weighted by atomic mass is 28.5. The number of ether oxygens (including phenoxy) is 5. The number of benzene rings is 1. The second-order valence-corrected chi connectivity index (χ2v) is 21.4. The van der Waals surface area contributed by atoms with Gasteiger partial charge in [0.15, 0.2) is 0 Å². The summed E-state index contributed by atoms with van der Waals surface area (Å²) in [5.74, 6) is 1.15. The Morgan fingerprint density at radius 1 is 0.837 bits per heavy atom. The molecule has 0 saturated carbocycles. The van der Waals surface area contributed by atoms with Crippen molar-refractivity contribution < 1.29 is 36.7 Å². The number of nitrogens with zero attached hydrogens (tertiary/aromatic N) is 2. The summed E-state index contributed by atoms with van der Waals surface area (Å²) in [7, 11) is -0.903. The van der Waals surface area contributed by atoms with Gasteiger partial charge in [-0.05, 0) is 39.9 Å². The van der Waals surface area contributed by atoms with Crippen LogP contribution in [0.25, 0.3) is 0 Å². The molecule has 1 aromatic carbocycles. The molecule has 2 saturated heterocycles. The molecule has 2 aliphatic heterocycles. The van der Waals surface area contributed by atoms with Crippen LogP contribution in [0.1, 0.15) is 72.6 Å². The predicted molar refractivity (Wildman–Crippen MR) is 168 cm³/mol. The van der Waals surface area contributed by atoms with Gasteiger partial charge in [-0.2, -0.15) is 4.98 Å². The first kappa shape index (κ1) is 33.8. The van der Waals surface area contributed by atoms with Crippen molar-refractivity contribution >= 4 is 17.1 Å². The monoisotopic (exact) mass is 634 g/mol. The van der Waals surface area contributed by atoms with E-state index in [1.165, 1.54) is 7.11 Å². The van der Waals surface area contributed by atoms with Gasteiger partial charge >= 0.3 is 23.1 Å². The number of rotatable bonds is 11. The third kappa shape index (κ3) is 6.65. The van der Waals surface area contributed by atoms with E-state index in [1.807, 2.05) is 24.3 Å². The number of hydrogen-bond acceptors (Lipinski definition) is 10. The van der Waals surface area contributed by atoms with Gasteiger partial charge in [-0.1, -0.05) is 67.5 Å². The summed E-state index contributed by atoms with van der Waals surface area (Å²) < 4.78 is 51.6. The Morgan fingerprint density at radius 3 is 2.00 bits per heavy atom. The second-order valence-electron chi connectivity index (χ2n) is 12.6. The van der Waals surface area contributed by atoms with E-state index in [4.69, 9.17) is 36.7 Å². The van der Waals surface area contributed by atoms with E-state index >= 15 is 0 Å². The Kier molecular flexibility index (Phi) is 11.0. The Hall–Kier alpha value is -2.07. The van der Waals surface area contributed by atoms with E-state index in [1.54, 1.807) is 20.4 Å². The lowest BCUT2D eigenvalue weighted by Gasteiger charge is -2.51. The molecule has 0 amide bonds. The van der Waals surface area contributed by atoms with Crippen LogP contribution >= 0.6 is 0 Å². The van der Waals surface area contributed by atoms with Crippen molar-refractivity contribution in [2.24, 2.45) is 0 Å². The van der Waals surface area contributed by atoms with E-state index in [9.17, 15) is 0 Å². The molecule has 0 aliphatic carbocycles. The lowest BCUT2D eigenvalue weighted by Crippen LogP contribution is -2.65. The average Bonchev–Trinajstić information content (AvgIpc) is 3.30. The molecule has 3 heterocycles. The van der Waals surface area contributed by atoms with Gasteiger partial charge in [-0.25, -0.2) is 4.98 Å². The number of hydrogen-bond donors (Lipinski definition) is 0. The third-order valence-electron chi connectivity index (χ3n) is 8.68. The van der Waals surface area contributed by atoms with E-state index in [0.29, 0.717) is 24.7 Å². The molecule has 2 aliphatic rings. The van der Waals surface area contributed by atoms with Crippen molar-refractivity contribution in [2.75, 3.05) is 27.9 Å². The zero-order chi connectivity index (χ0) is 31.5. The van der Waals surface area contributed by atoms with Crippen LogP contribution in [0, 0.1) is 0 Å². The molecule has 12 heteroatoms. The summed E-state index contributed by atoms with van der Waals surface area (Å²) in [5.41, 5.74) is 2.45. The van der Waals surface area contributed by atoms with Crippen molar-refractivity contribution in [3.63, 3.8) is 0 Å². The lowest BCUT2D eigenvalue weighted by atomic mass is 10.0. The maximum atomic E-state index is 7.42. The van der Waals surface area contributed by atoms with Gasteiger partial charge in [-0.3, -0.25) is 0 Å². The first-order valence-electron chi connectivity index (χ1n) is 15.3. The molecular weight excluding hydrogens is 585 g/mol. The summed E-state index contributed by atoms with van der Waals surface area (Å²) in [6, 6.07) is 8.06. The molecule has 0 unspecified atom stereocenters. The molecule has 2 aromatic rings. The molecule has 4 atom stereocenters. The topological polar surface area (TPSA) is 99.6 Å². The number of fused-ring (bicyclic) bond motifs is 1. The molecule has 43 heavy (non-hydrogen) atoms. The summed E-state index contributed by atoms with van der Waals surface area (Å²) >= 11 is 0. The van der Waals surface area contributed by atoms with Crippen molar-refractivity contribution in [2.45, 2.75) is 109 Å². The first-order chi connectivity index (χ1) is 20.4. The largest absolute Gasteiger partial charge is 0.497 e. The minimum absolute atomic E-state index is 0.166. The van der Waals surface area contributed by atoms with Crippen LogP contribution in [0.4, 0.5) is 0 Å². The first-order valence-corrected chi connectivity index (χ1v) is 19.2. The molecule has 0 bridgehead atoms. The van der Waals surface area contributed by atoms with Crippen LogP contribution in [0.2, 0.25) is 22.2 Å². The predicted octanol–water partition coefficient (Wildman–Crippen LogP) is 6.48. The highest BCUT2D eigenvalue weighted by Crippen LogP contribution is 2.50. The minimum Gasteiger partial charge on any atom is -0.497 e. The van der Waals surface area contributed by atoms with Crippen LogP contribution < -0.4 is 14.2 Å². The summed E-state index contributed by atoms with van der Waals surface area (Å²) in [4.78, 5) is 8.84. The zero-order valence-corrected chi connectivity index (χ0v) is 29.6. The molecule has 0 N–H and O–H groups in total. The van der Waals surface area contributed by atoms with Crippen LogP contribution in [0.5, 0.6) is 17.6 Å². The maximum absolute atomic E-state index is 7.42. The summed E-state index contributed by atoms with van der Waals surface area (Å²) in [6.45, 7) is 18.4. The smallest absolute Gasteiger partial charge is 0.335 e. The van der Waals surface area contributed by atoms with Gasteiger partial charge in [-0.15, -0.1) is 0 Å². The molecule has 1 aromatic heterocycles. The standard InChI is InChI=1S/C31H50N2O8Si2/c1-19(2)42(20(3)4)38-18-26-28(40-43(41-42,21(5)6)22(7)8)29(37-17-23-12-14-24(34-9)15-13-23)27(39-26)25-16-32-31(36-11)33-30(25)35-10/h12-16,19-22,26-29H,17-18H2,1-11H3/t26-,27+,28-,29+/m1/s1. The second kappa shape index (κ2) is 13.9. The van der Waals surface area contributed by atoms with Crippen LogP contribution in [-0.2, 0) is 29.0 Å². The van der Waals surface area contributed by atoms with Gasteiger partial charge in [0, 0.05) is 6.20 Å². The SMILES string of the molecule is COc1ccc(CO[C@@H]2[C@@H]3O[Si](C(C)C)(C(C)C)O[Si](C(C)C)(C(C)C)OC[C@H]3O[C@H]2c2cnc(OC)nc2OC)cc1. The van der Waals surface area contributed by atoms with Crippen LogP contribution in [-0.4, -0.2) is 73.3 Å². The van der Waals surface area contributed by atoms with Gasteiger partial charge < -0.3 is 36.7 Å². The fourth-order valence-electron chi connectivity index (χ4n) is 6.31. The molecule has 240 valence electrons. The van der Waals surface area contributed by atoms with Gasteiger partial charge in [0.2, 0.25) is 5.88 Å². The van der Waals surface area contributed by atoms with Crippen molar-refractivity contribution in [3.05, 3.63) is 41.6 Å². The lowest BCUT2D eigenvalue weighted by molar-refractivity contribution is -0.0516. The van der Waals surface area contributed by atoms with Crippen molar-refractivity contribution in [1.82, 2.24) is 9.97 Å². The summed E-state index contributed by atoms with van der Waals surface area (Å²) in [6.07, 6.45) is -0.238. The number of aromatic nitrogens is 2. The van der Waals surface area contributed by atoms with Crippen molar-refractivity contribution in [3.8, 4) is 17.6 Å². The highest BCUT2D eigenvalue weighted by molar-refractivity contribution is 6.84. The van der Waals surface area contributed by atoms with Gasteiger partial charge in [0.25, 0.3) is 0 Å². The fraction of sp³-hybridized carbons (Fsp3) is 0.677. The van der Waals surface area contributed by atoms with E-state index < -0.39 is 41.5 Å². The molecule has 0 radical (unpaired) electrons. The zero-order valence-electron chi connectivity index (χ0n) is 27.6. The Labute approximate surface area is 259 Å². The van der Waals surface area contributed by atoms with Crippen LogP contribution in [0.3, 0.4) is 0 Å². The Bertz CT molecular complexity index is 1180. The molecule has 4 rings (SSSR count). The third-order valence-corrected chi connectivity index (χ3v) is 18.9. The van der Waals surface area contributed by atoms with E-state index in [2.05, 4.69) is 65.4 Å². The minimum atomic E-state index is -2.92. The van der Waals surface area contributed by atoms with Crippen molar-refractivity contribution in [1.29, 1.82) is 0 Å². The Morgan fingerprint density at radius 2 is 1.47 bits per heavy atom. The van der Waals surface area contributed by atoms with Gasteiger partial charge in [0.05, 0.1) is 40.1 Å². The van der Waals surface area contributed by atoms with Gasteiger partial charge in [0.1, 0.15) is 30.2 Å². The quantitative estimate of drug-likeness (QED) is 0.255. The maximum Gasteiger partial charge on any atom is 0.335 e. The average molecular weight is 635 g/mol. The number of methoxy groups -OCH3 is 3. The molecule has 0 spiro atoms. The summed E-state index contributed by atoms with van der Waals surface area (Å²) in [5, 5.41) is 0. The van der Waals surface area contributed by atoms with E-state index in [-0.39, 0.29) is 28.2 Å². The normalized spacial score (nSPS) is 25.1. The highest BCUT2D eigenvalue weighted by Gasteiger charge is 2.62. The van der Waals surface area contributed by atoms with Crippen LogP contribution in [0.15, 0.2) is 30.5 Å².